The first-order valence-corrected chi connectivity index (χ1v) is 32.1. The van der Waals surface area contributed by atoms with Crippen LogP contribution in [0.2, 0.25) is 0 Å². The molecule has 0 radical (unpaired) electrons. The highest BCUT2D eigenvalue weighted by Gasteiger charge is 2.27. The Balaban J connectivity index is 4.19. The molecule has 2 heteroatoms. The Morgan fingerprint density at radius 3 is 0.406 bits per heavy atom. The molecule has 0 unspecified atom stereocenters. The topological polar surface area (TPSA) is 9.23 Å². The highest BCUT2D eigenvalue weighted by atomic mass is 28.2. The van der Waals surface area contributed by atoms with Gasteiger partial charge in [-0.2, -0.15) is 0 Å². The molecule has 0 aromatic rings. The minimum Gasteiger partial charge on any atom is -0.422 e. The summed E-state index contributed by atoms with van der Waals surface area (Å²) in [5, 5.41) is 0. The van der Waals surface area contributed by atoms with Crippen molar-refractivity contribution in [2.75, 3.05) is 0 Å². The molecule has 0 fully saturated rings. The van der Waals surface area contributed by atoms with E-state index in [1.54, 1.807) is 0 Å². The molecule has 0 bridgehead atoms. The van der Waals surface area contributed by atoms with Gasteiger partial charge in [-0.1, -0.05) is 374 Å². The molecule has 386 valence electrons. The summed E-state index contributed by atoms with van der Waals surface area (Å²) in [6.45, 7) is 6.96. The fourth-order valence-electron chi connectivity index (χ4n) is 10.9. The first kappa shape index (κ1) is 64.2. The Labute approximate surface area is 411 Å². The zero-order valence-corrected chi connectivity index (χ0v) is 47.9. The number of hydrogen-bond donors (Lipinski definition) is 0. The molecule has 0 aliphatic carbocycles. The molecule has 0 rings (SSSR count). The van der Waals surface area contributed by atoms with E-state index in [2.05, 4.69) is 20.8 Å². The second kappa shape index (κ2) is 57.5. The lowest BCUT2D eigenvalue weighted by Gasteiger charge is -2.34. The van der Waals surface area contributed by atoms with E-state index < -0.39 is 0 Å². The van der Waals surface area contributed by atoms with Crippen LogP contribution in [0.1, 0.15) is 393 Å². The smallest absolute Gasteiger partial charge is 0.146 e. The molecular formula is C62H128OSi. The van der Waals surface area contributed by atoms with Gasteiger partial charge in [0.1, 0.15) is 10.5 Å². The van der Waals surface area contributed by atoms with Crippen LogP contribution in [0.15, 0.2) is 0 Å². The summed E-state index contributed by atoms with van der Waals surface area (Å²) in [7, 11) is 0.909. The lowest BCUT2D eigenvalue weighted by Crippen LogP contribution is -2.32. The third kappa shape index (κ3) is 51.6. The second-order valence-corrected chi connectivity index (χ2v) is 22.4. The molecule has 0 N–H and O–H groups in total. The quantitative estimate of drug-likeness (QED) is 0.0436. The van der Waals surface area contributed by atoms with Crippen molar-refractivity contribution in [3.05, 3.63) is 0 Å². The molecule has 0 aromatic carbocycles. The fraction of sp³-hybridized carbons (Fsp3) is 1.00. The van der Waals surface area contributed by atoms with Gasteiger partial charge in [0.25, 0.3) is 0 Å². The van der Waals surface area contributed by atoms with Crippen LogP contribution < -0.4 is 0 Å². The monoisotopic (exact) mass is 917 g/mol. The molecule has 0 aliphatic rings. The Morgan fingerprint density at radius 1 is 0.188 bits per heavy atom. The number of unbranched alkanes of at least 4 members (excludes halogenated alkanes) is 52. The average molecular weight is 918 g/mol. The predicted molar refractivity (Wildman–Crippen MR) is 299 cm³/mol. The van der Waals surface area contributed by atoms with Crippen molar-refractivity contribution in [3.63, 3.8) is 0 Å². The third-order valence-corrected chi connectivity index (χ3v) is 16.5. The van der Waals surface area contributed by atoms with Gasteiger partial charge in [-0.3, -0.25) is 0 Å². The predicted octanol–water partition coefficient (Wildman–Crippen LogP) is 22.7. The van der Waals surface area contributed by atoms with Crippen LogP contribution in [-0.2, 0) is 4.43 Å². The zero-order chi connectivity index (χ0) is 46.2. The van der Waals surface area contributed by atoms with Crippen LogP contribution in [-0.4, -0.2) is 16.1 Å². The van der Waals surface area contributed by atoms with Crippen LogP contribution in [0.5, 0.6) is 0 Å². The van der Waals surface area contributed by atoms with Gasteiger partial charge >= 0.3 is 0 Å². The molecule has 0 amide bonds. The molecule has 0 saturated heterocycles. The van der Waals surface area contributed by atoms with Crippen molar-refractivity contribution in [1.82, 2.24) is 0 Å². The van der Waals surface area contributed by atoms with E-state index in [9.17, 15) is 0 Å². The summed E-state index contributed by atoms with van der Waals surface area (Å²) in [6, 6.07) is 0. The van der Waals surface area contributed by atoms with Crippen LogP contribution >= 0.6 is 0 Å². The van der Waals surface area contributed by atoms with E-state index in [1.807, 2.05) is 0 Å². The Bertz CT molecular complexity index is 756. The molecule has 0 atom stereocenters. The van der Waals surface area contributed by atoms with Crippen LogP contribution in [0.4, 0.5) is 0 Å². The Morgan fingerprint density at radius 2 is 0.297 bits per heavy atom. The maximum atomic E-state index is 6.68. The molecular weight excluding hydrogens is 789 g/mol. The standard InChI is InChI=1S/C62H128OSi/c1-4-7-10-13-16-19-22-25-28-31-34-37-40-43-46-49-52-55-58-61-62(63-64,59-56-53-50-47-44-41-38-35-32-29-26-23-20-17-14-11-8-5-2)60-57-54-51-48-45-42-39-36-33-30-27-24-21-18-15-12-9-6-3/h4-61H2,1-3,64H3. The van der Waals surface area contributed by atoms with E-state index in [1.165, 1.54) is 372 Å². The van der Waals surface area contributed by atoms with E-state index in [0.29, 0.717) is 0 Å². The van der Waals surface area contributed by atoms with Gasteiger partial charge in [-0.15, -0.1) is 0 Å². The lowest BCUT2D eigenvalue weighted by molar-refractivity contribution is 0.0422. The molecule has 0 spiro atoms. The summed E-state index contributed by atoms with van der Waals surface area (Å²) >= 11 is 0. The molecule has 64 heavy (non-hydrogen) atoms. The lowest BCUT2D eigenvalue weighted by atomic mass is 9.85. The van der Waals surface area contributed by atoms with Crippen molar-refractivity contribution in [1.29, 1.82) is 0 Å². The molecule has 0 aliphatic heterocycles. The normalized spacial score (nSPS) is 12.0. The Kier molecular flexibility index (Phi) is 57.7. The summed E-state index contributed by atoms with van der Waals surface area (Å²) < 4.78 is 6.68. The number of rotatable bonds is 59. The van der Waals surface area contributed by atoms with E-state index in [-0.39, 0.29) is 5.60 Å². The fourth-order valence-corrected chi connectivity index (χ4v) is 11.5. The van der Waals surface area contributed by atoms with Gasteiger partial charge in [0.05, 0.1) is 5.60 Å². The van der Waals surface area contributed by atoms with Crippen molar-refractivity contribution < 1.29 is 4.43 Å². The van der Waals surface area contributed by atoms with E-state index in [4.69, 9.17) is 4.43 Å². The van der Waals surface area contributed by atoms with Gasteiger partial charge < -0.3 is 4.43 Å². The highest BCUT2D eigenvalue weighted by Crippen LogP contribution is 2.32. The third-order valence-electron chi connectivity index (χ3n) is 15.6. The summed E-state index contributed by atoms with van der Waals surface area (Å²) in [5.41, 5.74) is 0.213. The van der Waals surface area contributed by atoms with Gasteiger partial charge in [0.2, 0.25) is 0 Å². The molecule has 0 aromatic heterocycles. The van der Waals surface area contributed by atoms with E-state index >= 15 is 0 Å². The minimum atomic E-state index is 0.213. The molecule has 0 heterocycles. The first-order valence-electron chi connectivity index (χ1n) is 31.3. The van der Waals surface area contributed by atoms with Gasteiger partial charge in [-0.25, -0.2) is 0 Å². The van der Waals surface area contributed by atoms with E-state index in [0.717, 1.165) is 10.5 Å². The van der Waals surface area contributed by atoms with Crippen LogP contribution in [0, 0.1) is 0 Å². The minimum absolute atomic E-state index is 0.213. The van der Waals surface area contributed by atoms with Gasteiger partial charge in [0, 0.05) is 0 Å². The maximum Gasteiger partial charge on any atom is 0.146 e. The van der Waals surface area contributed by atoms with Gasteiger partial charge in [0.15, 0.2) is 0 Å². The highest BCUT2D eigenvalue weighted by molar-refractivity contribution is 5.98. The zero-order valence-electron chi connectivity index (χ0n) is 45.9. The summed E-state index contributed by atoms with van der Waals surface area (Å²) in [4.78, 5) is 0. The number of hydrogen-bond acceptors (Lipinski definition) is 1. The first-order chi connectivity index (χ1) is 31.7. The van der Waals surface area contributed by atoms with Crippen molar-refractivity contribution in [2.45, 2.75) is 399 Å². The molecule has 1 nitrogen and oxygen atoms in total. The maximum absolute atomic E-state index is 6.68. The van der Waals surface area contributed by atoms with Gasteiger partial charge in [-0.05, 0) is 19.3 Å². The summed E-state index contributed by atoms with van der Waals surface area (Å²) in [6.07, 6.45) is 84.4. The van der Waals surface area contributed by atoms with Crippen molar-refractivity contribution in [2.24, 2.45) is 0 Å². The largest absolute Gasteiger partial charge is 0.422 e. The average Bonchev–Trinajstić information content (AvgIpc) is 3.31. The van der Waals surface area contributed by atoms with Crippen molar-refractivity contribution in [3.8, 4) is 0 Å². The van der Waals surface area contributed by atoms with Crippen molar-refractivity contribution >= 4 is 10.5 Å². The Hall–Kier alpha value is 0.177. The summed E-state index contributed by atoms with van der Waals surface area (Å²) in [5.74, 6) is 0. The van der Waals surface area contributed by atoms with Crippen LogP contribution in [0.3, 0.4) is 0 Å². The molecule has 0 saturated carbocycles. The SMILES string of the molecule is CCCCCCCCCCCCCCCCCCCCCC(CCCCCCCCCCCCCCCCCCCC)(CCCCCCCCCCCCCCCCCCCC)O[SiH3]. The van der Waals surface area contributed by atoms with Crippen LogP contribution in [0.25, 0.3) is 0 Å². The second-order valence-electron chi connectivity index (χ2n) is 22.0.